The summed E-state index contributed by atoms with van der Waals surface area (Å²) < 4.78 is 37.7. The van der Waals surface area contributed by atoms with Crippen molar-refractivity contribution in [3.05, 3.63) is 29.8 Å². The molecule has 1 rings (SSSR count). The Hall–Kier alpha value is -1.10. The summed E-state index contributed by atoms with van der Waals surface area (Å²) in [5.41, 5.74) is 0. The quantitative estimate of drug-likeness (QED) is 0.817. The monoisotopic (exact) mass is 246 g/mol. The molecule has 2 nitrogen and oxygen atoms in total. The van der Waals surface area contributed by atoms with E-state index in [0.717, 1.165) is 12.1 Å². The molecular formula is C11H12F2O2S. The first-order valence-electron chi connectivity index (χ1n) is 4.85. The van der Waals surface area contributed by atoms with E-state index in [9.17, 15) is 17.8 Å². The maximum Gasteiger partial charge on any atom is 0.148 e. The molecule has 0 aliphatic carbocycles. The minimum absolute atomic E-state index is 0.129. The van der Waals surface area contributed by atoms with Crippen molar-refractivity contribution >= 4 is 16.6 Å². The van der Waals surface area contributed by atoms with E-state index < -0.39 is 27.7 Å². The smallest absolute Gasteiger partial charge is 0.148 e. The van der Waals surface area contributed by atoms with Gasteiger partial charge in [0.05, 0.1) is 20.9 Å². The van der Waals surface area contributed by atoms with Crippen molar-refractivity contribution in [2.75, 3.05) is 0 Å². The first kappa shape index (κ1) is 13.0. The highest BCUT2D eigenvalue weighted by atomic mass is 32.2. The summed E-state index contributed by atoms with van der Waals surface area (Å²) in [6.45, 7) is 3.13. The second-order valence-electron chi connectivity index (χ2n) is 3.33. The SMILES string of the molecule is CCC(=O)C(C)S(=O)c1ccc(F)cc1F. The van der Waals surface area contributed by atoms with E-state index >= 15 is 0 Å². The van der Waals surface area contributed by atoms with Gasteiger partial charge in [0, 0.05) is 12.5 Å². The van der Waals surface area contributed by atoms with Crippen molar-refractivity contribution in [3.8, 4) is 0 Å². The average Bonchev–Trinajstić information content (AvgIpc) is 2.26. The molecule has 0 aliphatic heterocycles. The lowest BCUT2D eigenvalue weighted by Gasteiger charge is -2.09. The summed E-state index contributed by atoms with van der Waals surface area (Å²) in [6.07, 6.45) is 0.246. The van der Waals surface area contributed by atoms with Crippen LogP contribution in [0, 0.1) is 11.6 Å². The van der Waals surface area contributed by atoms with Crippen LogP contribution in [0.2, 0.25) is 0 Å². The van der Waals surface area contributed by atoms with E-state index in [-0.39, 0.29) is 17.1 Å². The van der Waals surface area contributed by atoms with Gasteiger partial charge in [-0.3, -0.25) is 9.00 Å². The molecule has 0 N–H and O–H groups in total. The van der Waals surface area contributed by atoms with Gasteiger partial charge in [0.25, 0.3) is 0 Å². The maximum absolute atomic E-state index is 13.3. The van der Waals surface area contributed by atoms with E-state index in [1.807, 2.05) is 0 Å². The lowest BCUT2D eigenvalue weighted by molar-refractivity contribution is -0.118. The van der Waals surface area contributed by atoms with Crippen LogP contribution in [0.5, 0.6) is 0 Å². The van der Waals surface area contributed by atoms with Gasteiger partial charge >= 0.3 is 0 Å². The van der Waals surface area contributed by atoms with Crippen LogP contribution in [0.25, 0.3) is 0 Å². The Morgan fingerprint density at radius 3 is 2.56 bits per heavy atom. The predicted octanol–water partition coefficient (Wildman–Crippen LogP) is 2.44. The predicted molar refractivity (Wildman–Crippen MR) is 57.5 cm³/mol. The van der Waals surface area contributed by atoms with Gasteiger partial charge in [-0.05, 0) is 19.1 Å². The molecule has 0 aromatic heterocycles. The fourth-order valence-electron chi connectivity index (χ4n) is 1.24. The number of benzene rings is 1. The minimum Gasteiger partial charge on any atom is -0.298 e. The largest absolute Gasteiger partial charge is 0.298 e. The van der Waals surface area contributed by atoms with Crippen LogP contribution >= 0.6 is 0 Å². The molecule has 0 fully saturated rings. The fourth-order valence-corrected chi connectivity index (χ4v) is 2.48. The Balaban J connectivity index is 3.01. The number of halogens is 2. The van der Waals surface area contributed by atoms with Crippen molar-refractivity contribution < 1.29 is 17.8 Å². The number of carbonyl (C=O) groups is 1. The highest BCUT2D eigenvalue weighted by Crippen LogP contribution is 2.17. The van der Waals surface area contributed by atoms with Gasteiger partial charge in [-0.25, -0.2) is 8.78 Å². The Bertz CT molecular complexity index is 432. The lowest BCUT2D eigenvalue weighted by Crippen LogP contribution is -2.22. The van der Waals surface area contributed by atoms with E-state index in [4.69, 9.17) is 0 Å². The molecule has 0 amide bonds. The van der Waals surface area contributed by atoms with Crippen molar-refractivity contribution in [3.63, 3.8) is 0 Å². The topological polar surface area (TPSA) is 34.1 Å². The number of hydrogen-bond acceptors (Lipinski definition) is 2. The van der Waals surface area contributed by atoms with Gasteiger partial charge in [-0.2, -0.15) is 0 Å². The molecule has 0 heterocycles. The van der Waals surface area contributed by atoms with Gasteiger partial charge < -0.3 is 0 Å². The lowest BCUT2D eigenvalue weighted by atomic mass is 10.2. The van der Waals surface area contributed by atoms with Crippen molar-refractivity contribution in [2.45, 2.75) is 30.4 Å². The molecule has 16 heavy (non-hydrogen) atoms. The summed E-state index contributed by atoms with van der Waals surface area (Å²) in [4.78, 5) is 11.2. The number of rotatable bonds is 4. The van der Waals surface area contributed by atoms with E-state index in [0.29, 0.717) is 6.07 Å². The van der Waals surface area contributed by atoms with E-state index in [1.54, 1.807) is 6.92 Å². The third-order valence-corrected chi connectivity index (χ3v) is 3.90. The van der Waals surface area contributed by atoms with Crippen LogP contribution in [0.3, 0.4) is 0 Å². The zero-order chi connectivity index (χ0) is 12.3. The van der Waals surface area contributed by atoms with E-state index in [2.05, 4.69) is 0 Å². The number of carbonyl (C=O) groups excluding carboxylic acids is 1. The zero-order valence-corrected chi connectivity index (χ0v) is 9.81. The molecule has 2 atom stereocenters. The molecule has 1 aromatic rings. The molecule has 0 saturated heterocycles. The van der Waals surface area contributed by atoms with Crippen LogP contribution in [0.1, 0.15) is 20.3 Å². The number of hydrogen-bond donors (Lipinski definition) is 0. The highest BCUT2D eigenvalue weighted by Gasteiger charge is 2.22. The third kappa shape index (κ3) is 2.72. The highest BCUT2D eigenvalue weighted by molar-refractivity contribution is 7.86. The second kappa shape index (κ2) is 5.30. The minimum atomic E-state index is -1.77. The van der Waals surface area contributed by atoms with Gasteiger partial charge in [0.2, 0.25) is 0 Å². The van der Waals surface area contributed by atoms with Crippen molar-refractivity contribution in [2.24, 2.45) is 0 Å². The fraction of sp³-hybridized carbons (Fsp3) is 0.364. The Morgan fingerprint density at radius 2 is 2.06 bits per heavy atom. The van der Waals surface area contributed by atoms with Gasteiger partial charge in [-0.15, -0.1) is 0 Å². The molecule has 0 spiro atoms. The molecule has 0 radical (unpaired) electrons. The molecule has 88 valence electrons. The number of Topliss-reactive ketones (excluding diaryl/α,β-unsaturated/α-hetero) is 1. The normalized spacial score (nSPS) is 14.5. The van der Waals surface area contributed by atoms with Crippen molar-refractivity contribution in [1.29, 1.82) is 0 Å². The van der Waals surface area contributed by atoms with Crippen molar-refractivity contribution in [1.82, 2.24) is 0 Å². The molecule has 1 aromatic carbocycles. The molecule has 0 bridgehead atoms. The summed E-state index contributed by atoms with van der Waals surface area (Å²) >= 11 is 0. The maximum atomic E-state index is 13.3. The Kier molecular flexibility index (Phi) is 4.29. The summed E-state index contributed by atoms with van der Waals surface area (Å²) in [6, 6.07) is 2.80. The first-order valence-corrected chi connectivity index (χ1v) is 6.07. The molecular weight excluding hydrogens is 234 g/mol. The number of ketones is 1. The van der Waals surface area contributed by atoms with Crippen LogP contribution in [0.15, 0.2) is 23.1 Å². The first-order chi connectivity index (χ1) is 7.47. The Morgan fingerprint density at radius 1 is 1.44 bits per heavy atom. The van der Waals surface area contributed by atoms with Gasteiger partial charge in [0.1, 0.15) is 17.4 Å². The average molecular weight is 246 g/mol. The second-order valence-corrected chi connectivity index (χ2v) is 5.08. The third-order valence-electron chi connectivity index (χ3n) is 2.23. The molecule has 5 heteroatoms. The van der Waals surface area contributed by atoms with Gasteiger partial charge in [-0.1, -0.05) is 6.92 Å². The Labute approximate surface area is 95.1 Å². The van der Waals surface area contributed by atoms with Crippen LogP contribution in [-0.4, -0.2) is 15.2 Å². The molecule has 0 saturated carbocycles. The zero-order valence-electron chi connectivity index (χ0n) is 9.00. The van der Waals surface area contributed by atoms with Crippen LogP contribution in [-0.2, 0) is 15.6 Å². The standard InChI is InChI=1S/C11H12F2O2S/c1-3-10(14)7(2)16(15)11-5-4-8(12)6-9(11)13/h4-7H,3H2,1-2H3. The van der Waals surface area contributed by atoms with Crippen LogP contribution in [0.4, 0.5) is 8.78 Å². The molecule has 0 aliphatic rings. The van der Waals surface area contributed by atoms with Gasteiger partial charge in [0.15, 0.2) is 0 Å². The van der Waals surface area contributed by atoms with Crippen LogP contribution < -0.4 is 0 Å². The summed E-state index contributed by atoms with van der Waals surface area (Å²) in [5, 5.41) is -0.773. The van der Waals surface area contributed by atoms with E-state index in [1.165, 1.54) is 6.92 Å². The summed E-state index contributed by atoms with van der Waals surface area (Å²) in [7, 11) is -1.77. The molecule has 2 unspecified atom stereocenters. The summed E-state index contributed by atoms with van der Waals surface area (Å²) in [5.74, 6) is -1.82.